The molecule has 0 heterocycles. The second-order valence-corrected chi connectivity index (χ2v) is 6.75. The van der Waals surface area contributed by atoms with Crippen LogP contribution in [0, 0.1) is 11.8 Å². The smallest absolute Gasteiger partial charge is 0.337 e. The van der Waals surface area contributed by atoms with Crippen molar-refractivity contribution < 1.29 is 23.9 Å². The summed E-state index contributed by atoms with van der Waals surface area (Å²) < 4.78 is 9.66. The summed E-state index contributed by atoms with van der Waals surface area (Å²) in [5, 5.41) is 5.79. The molecule has 0 spiro atoms. The predicted octanol–water partition coefficient (Wildman–Crippen LogP) is 2.37. The first-order valence-corrected chi connectivity index (χ1v) is 9.31. The van der Waals surface area contributed by atoms with Gasteiger partial charge in [-0.05, 0) is 50.3 Å². The number of carbonyl (C=O) groups is 3. The Balaban J connectivity index is 1.79. The number of ether oxygens (including phenoxy) is 2. The molecular weight excluding hydrogens is 348 g/mol. The first kappa shape index (κ1) is 20.9. The highest BCUT2D eigenvalue weighted by Gasteiger charge is 2.29. The fourth-order valence-corrected chi connectivity index (χ4v) is 3.28. The van der Waals surface area contributed by atoms with E-state index in [1.54, 1.807) is 31.4 Å². The Labute approximate surface area is 159 Å². The number of benzene rings is 1. The maximum Gasteiger partial charge on any atom is 0.337 e. The van der Waals surface area contributed by atoms with Crippen molar-refractivity contribution in [3.8, 4) is 0 Å². The van der Waals surface area contributed by atoms with Gasteiger partial charge in [0, 0.05) is 37.8 Å². The molecule has 1 aliphatic carbocycles. The topological polar surface area (TPSA) is 93.7 Å². The molecule has 7 heteroatoms. The molecule has 0 atom stereocenters. The first-order chi connectivity index (χ1) is 13.0. The number of amides is 2. The maximum absolute atomic E-state index is 12.5. The van der Waals surface area contributed by atoms with Crippen LogP contribution in [0.3, 0.4) is 0 Å². The second kappa shape index (κ2) is 10.7. The molecule has 1 saturated carbocycles. The Morgan fingerprint density at radius 1 is 1.04 bits per heavy atom. The Kier molecular flexibility index (Phi) is 8.26. The van der Waals surface area contributed by atoms with Gasteiger partial charge in [0.05, 0.1) is 12.7 Å². The standard InChI is InChI=1S/C20H28N2O5/c1-26-12-4-11-21-18(23)14-7-9-15(10-8-14)19(24)22-17-6-3-5-16(13-17)20(25)27-2/h3,5-6,13-15H,4,7-12H2,1-2H3,(H,21,23)(H,22,24). The highest BCUT2D eigenvalue weighted by molar-refractivity contribution is 5.95. The third-order valence-corrected chi connectivity index (χ3v) is 4.84. The number of hydrogen-bond donors (Lipinski definition) is 2. The minimum absolute atomic E-state index is 0.0285. The first-order valence-electron chi connectivity index (χ1n) is 9.31. The zero-order valence-electron chi connectivity index (χ0n) is 16.0. The molecule has 1 fully saturated rings. The molecule has 2 N–H and O–H groups in total. The lowest BCUT2D eigenvalue weighted by molar-refractivity contribution is -0.128. The van der Waals surface area contributed by atoms with E-state index < -0.39 is 5.97 Å². The number of rotatable bonds is 8. The molecule has 7 nitrogen and oxygen atoms in total. The molecule has 0 bridgehead atoms. The Bertz CT molecular complexity index is 654. The van der Waals surface area contributed by atoms with Gasteiger partial charge in [0.15, 0.2) is 0 Å². The van der Waals surface area contributed by atoms with Crippen LogP contribution in [0.5, 0.6) is 0 Å². The summed E-state index contributed by atoms with van der Waals surface area (Å²) in [5.74, 6) is -0.599. The third-order valence-electron chi connectivity index (χ3n) is 4.84. The minimum Gasteiger partial charge on any atom is -0.465 e. The fraction of sp³-hybridized carbons (Fsp3) is 0.550. The van der Waals surface area contributed by atoms with Gasteiger partial charge >= 0.3 is 5.97 Å². The van der Waals surface area contributed by atoms with Crippen molar-refractivity contribution in [3.63, 3.8) is 0 Å². The molecule has 1 aromatic rings. The van der Waals surface area contributed by atoms with E-state index in [4.69, 9.17) is 9.47 Å². The molecule has 2 amide bonds. The van der Waals surface area contributed by atoms with E-state index in [2.05, 4.69) is 10.6 Å². The normalized spacial score (nSPS) is 19.2. The van der Waals surface area contributed by atoms with Crippen molar-refractivity contribution in [2.24, 2.45) is 11.8 Å². The van der Waals surface area contributed by atoms with E-state index in [0.29, 0.717) is 50.1 Å². The Hall–Kier alpha value is -2.41. The molecule has 27 heavy (non-hydrogen) atoms. The Morgan fingerprint density at radius 2 is 1.70 bits per heavy atom. The summed E-state index contributed by atoms with van der Waals surface area (Å²) in [4.78, 5) is 36.2. The van der Waals surface area contributed by atoms with Crippen molar-refractivity contribution in [1.29, 1.82) is 0 Å². The van der Waals surface area contributed by atoms with Gasteiger partial charge in [0.1, 0.15) is 0 Å². The lowest BCUT2D eigenvalue weighted by atomic mass is 9.81. The molecule has 0 saturated heterocycles. The van der Waals surface area contributed by atoms with Crippen molar-refractivity contribution in [3.05, 3.63) is 29.8 Å². The van der Waals surface area contributed by atoms with Crippen molar-refractivity contribution in [2.75, 3.05) is 32.7 Å². The second-order valence-electron chi connectivity index (χ2n) is 6.75. The number of anilines is 1. The van der Waals surface area contributed by atoms with E-state index in [-0.39, 0.29) is 23.7 Å². The number of nitrogens with one attached hydrogen (secondary N) is 2. The average Bonchev–Trinajstić information content (AvgIpc) is 2.70. The quantitative estimate of drug-likeness (QED) is 0.537. The van der Waals surface area contributed by atoms with E-state index in [1.165, 1.54) is 7.11 Å². The number of methoxy groups -OCH3 is 2. The number of carbonyl (C=O) groups excluding carboxylic acids is 3. The monoisotopic (exact) mass is 376 g/mol. The lowest BCUT2D eigenvalue weighted by Crippen LogP contribution is -2.36. The number of hydrogen-bond acceptors (Lipinski definition) is 5. The van der Waals surface area contributed by atoms with Crippen LogP contribution in [0.25, 0.3) is 0 Å². The van der Waals surface area contributed by atoms with Gasteiger partial charge in [-0.3, -0.25) is 9.59 Å². The van der Waals surface area contributed by atoms with Crippen LogP contribution in [0.2, 0.25) is 0 Å². The van der Waals surface area contributed by atoms with Gasteiger partial charge in [0.2, 0.25) is 11.8 Å². The van der Waals surface area contributed by atoms with Crippen LogP contribution in [-0.4, -0.2) is 45.2 Å². The average molecular weight is 376 g/mol. The predicted molar refractivity (Wildman–Crippen MR) is 101 cm³/mol. The minimum atomic E-state index is -0.442. The van der Waals surface area contributed by atoms with Gasteiger partial charge < -0.3 is 20.1 Å². The van der Waals surface area contributed by atoms with E-state index >= 15 is 0 Å². The van der Waals surface area contributed by atoms with Gasteiger partial charge in [-0.1, -0.05) is 6.07 Å². The highest BCUT2D eigenvalue weighted by atomic mass is 16.5. The van der Waals surface area contributed by atoms with E-state index in [9.17, 15) is 14.4 Å². The summed E-state index contributed by atoms with van der Waals surface area (Å²) in [7, 11) is 2.96. The summed E-state index contributed by atoms with van der Waals surface area (Å²) >= 11 is 0. The summed E-state index contributed by atoms with van der Waals surface area (Å²) in [6.07, 6.45) is 3.56. The maximum atomic E-state index is 12.5. The van der Waals surface area contributed by atoms with Crippen LogP contribution in [0.4, 0.5) is 5.69 Å². The van der Waals surface area contributed by atoms with Crippen molar-refractivity contribution in [2.45, 2.75) is 32.1 Å². The van der Waals surface area contributed by atoms with Gasteiger partial charge in [-0.15, -0.1) is 0 Å². The molecule has 1 aromatic carbocycles. The van der Waals surface area contributed by atoms with Crippen LogP contribution >= 0.6 is 0 Å². The highest BCUT2D eigenvalue weighted by Crippen LogP contribution is 2.30. The molecule has 148 valence electrons. The zero-order chi connectivity index (χ0) is 19.6. The van der Waals surface area contributed by atoms with Crippen LogP contribution < -0.4 is 10.6 Å². The molecule has 1 aliphatic rings. The summed E-state index contributed by atoms with van der Waals surface area (Å²) in [6, 6.07) is 6.68. The lowest BCUT2D eigenvalue weighted by Gasteiger charge is -2.27. The largest absolute Gasteiger partial charge is 0.465 e. The van der Waals surface area contributed by atoms with Crippen LogP contribution in [-0.2, 0) is 19.1 Å². The van der Waals surface area contributed by atoms with Crippen molar-refractivity contribution in [1.82, 2.24) is 5.32 Å². The van der Waals surface area contributed by atoms with Crippen LogP contribution in [0.15, 0.2) is 24.3 Å². The molecule has 0 aliphatic heterocycles. The summed E-state index contributed by atoms with van der Waals surface area (Å²) in [5.41, 5.74) is 0.963. The van der Waals surface area contributed by atoms with Crippen molar-refractivity contribution >= 4 is 23.5 Å². The van der Waals surface area contributed by atoms with E-state index in [1.807, 2.05) is 0 Å². The number of esters is 1. The van der Waals surface area contributed by atoms with E-state index in [0.717, 1.165) is 6.42 Å². The Morgan fingerprint density at radius 3 is 2.33 bits per heavy atom. The third kappa shape index (κ3) is 6.36. The van der Waals surface area contributed by atoms with Gasteiger partial charge in [0.25, 0.3) is 0 Å². The van der Waals surface area contributed by atoms with Crippen LogP contribution in [0.1, 0.15) is 42.5 Å². The summed E-state index contributed by atoms with van der Waals surface area (Å²) in [6.45, 7) is 1.24. The fourth-order valence-electron chi connectivity index (χ4n) is 3.28. The molecule has 2 rings (SSSR count). The molecular formula is C20H28N2O5. The van der Waals surface area contributed by atoms with Gasteiger partial charge in [-0.2, -0.15) is 0 Å². The zero-order valence-corrected chi connectivity index (χ0v) is 16.0. The molecule has 0 aromatic heterocycles. The SMILES string of the molecule is COCCCNC(=O)C1CCC(C(=O)Nc2cccc(C(=O)OC)c2)CC1. The molecule has 0 radical (unpaired) electrons. The van der Waals surface area contributed by atoms with Gasteiger partial charge in [-0.25, -0.2) is 4.79 Å². The molecule has 0 unspecified atom stereocenters.